The van der Waals surface area contributed by atoms with E-state index in [-0.39, 0.29) is 11.8 Å². The molecule has 1 aliphatic heterocycles. The molecule has 6 heteroatoms. The highest BCUT2D eigenvalue weighted by molar-refractivity contribution is 7.12. The SMILES string of the molecule is CCCOCc1ccccc1CNC(=O)C1CCCCN1C(=O)c1cccs1. The summed E-state index contributed by atoms with van der Waals surface area (Å²) in [5, 5.41) is 4.94. The first-order valence-electron chi connectivity index (χ1n) is 9.97. The van der Waals surface area contributed by atoms with Crippen molar-refractivity contribution in [2.45, 2.75) is 51.8 Å². The van der Waals surface area contributed by atoms with Crippen molar-refractivity contribution in [3.63, 3.8) is 0 Å². The summed E-state index contributed by atoms with van der Waals surface area (Å²) in [5.41, 5.74) is 2.14. The van der Waals surface area contributed by atoms with Crippen LogP contribution in [0.4, 0.5) is 0 Å². The zero-order chi connectivity index (χ0) is 19.8. The molecule has 3 rings (SSSR count). The minimum Gasteiger partial charge on any atom is -0.377 e. The van der Waals surface area contributed by atoms with E-state index >= 15 is 0 Å². The normalized spacial score (nSPS) is 16.8. The number of hydrogen-bond donors (Lipinski definition) is 1. The minimum absolute atomic E-state index is 0.0387. The lowest BCUT2D eigenvalue weighted by Gasteiger charge is -2.34. The molecule has 28 heavy (non-hydrogen) atoms. The molecule has 1 fully saturated rings. The Labute approximate surface area is 170 Å². The van der Waals surface area contributed by atoms with E-state index in [1.165, 1.54) is 11.3 Å². The number of nitrogens with zero attached hydrogens (tertiary/aromatic N) is 1. The van der Waals surface area contributed by atoms with Gasteiger partial charge in [-0.2, -0.15) is 0 Å². The van der Waals surface area contributed by atoms with Gasteiger partial charge in [-0.1, -0.05) is 37.3 Å². The van der Waals surface area contributed by atoms with Crippen LogP contribution in [-0.2, 0) is 22.7 Å². The smallest absolute Gasteiger partial charge is 0.264 e. The summed E-state index contributed by atoms with van der Waals surface area (Å²) in [4.78, 5) is 28.1. The third-order valence-corrected chi connectivity index (χ3v) is 5.83. The summed E-state index contributed by atoms with van der Waals surface area (Å²) in [7, 11) is 0. The van der Waals surface area contributed by atoms with Crippen LogP contribution in [0.3, 0.4) is 0 Å². The highest BCUT2D eigenvalue weighted by atomic mass is 32.1. The lowest BCUT2D eigenvalue weighted by atomic mass is 10.0. The second-order valence-electron chi connectivity index (χ2n) is 7.03. The molecule has 2 heterocycles. The summed E-state index contributed by atoms with van der Waals surface area (Å²) in [6, 6.07) is 11.3. The van der Waals surface area contributed by atoms with Crippen LogP contribution in [0.25, 0.3) is 0 Å². The van der Waals surface area contributed by atoms with Crippen LogP contribution in [0.15, 0.2) is 41.8 Å². The lowest BCUT2D eigenvalue weighted by molar-refractivity contribution is -0.126. The van der Waals surface area contributed by atoms with Gasteiger partial charge in [-0.15, -0.1) is 11.3 Å². The second-order valence-corrected chi connectivity index (χ2v) is 7.97. The van der Waals surface area contributed by atoms with Crippen molar-refractivity contribution < 1.29 is 14.3 Å². The number of nitrogens with one attached hydrogen (secondary N) is 1. The molecule has 0 bridgehead atoms. The largest absolute Gasteiger partial charge is 0.377 e. The number of thiophene rings is 1. The fourth-order valence-electron chi connectivity index (χ4n) is 3.49. The molecule has 0 aliphatic carbocycles. The second kappa shape index (κ2) is 10.4. The van der Waals surface area contributed by atoms with Crippen LogP contribution < -0.4 is 5.32 Å². The van der Waals surface area contributed by atoms with Crippen molar-refractivity contribution in [3.05, 3.63) is 57.8 Å². The minimum atomic E-state index is -0.396. The molecule has 150 valence electrons. The van der Waals surface area contributed by atoms with Gasteiger partial charge in [0.25, 0.3) is 5.91 Å². The van der Waals surface area contributed by atoms with E-state index in [9.17, 15) is 9.59 Å². The maximum Gasteiger partial charge on any atom is 0.264 e. The molecule has 0 radical (unpaired) electrons. The molecule has 1 N–H and O–H groups in total. The number of carbonyl (C=O) groups is 2. The van der Waals surface area contributed by atoms with E-state index in [1.54, 1.807) is 4.90 Å². The van der Waals surface area contributed by atoms with Crippen LogP contribution >= 0.6 is 11.3 Å². The third kappa shape index (κ3) is 5.20. The summed E-state index contributed by atoms with van der Waals surface area (Å²) >= 11 is 1.42. The van der Waals surface area contributed by atoms with Gasteiger partial charge in [0.2, 0.25) is 5.91 Å². The molecule has 1 aromatic carbocycles. The molecule has 1 unspecified atom stereocenters. The standard InChI is InChI=1S/C22H28N2O3S/c1-2-13-27-16-18-9-4-3-8-17(18)15-23-21(25)19-10-5-6-12-24(19)22(26)20-11-7-14-28-20/h3-4,7-9,11,14,19H,2,5-6,10,12-13,15-16H2,1H3,(H,23,25). The number of rotatable bonds is 8. The molecule has 0 saturated carbocycles. The first-order valence-corrected chi connectivity index (χ1v) is 10.9. The molecular formula is C22H28N2O3S. The summed E-state index contributed by atoms with van der Waals surface area (Å²) in [6.45, 7) is 4.44. The highest BCUT2D eigenvalue weighted by Crippen LogP contribution is 2.22. The monoisotopic (exact) mass is 400 g/mol. The number of piperidine rings is 1. The molecule has 0 spiro atoms. The average molecular weight is 401 g/mol. The van der Waals surface area contributed by atoms with E-state index in [0.29, 0.717) is 31.0 Å². The third-order valence-electron chi connectivity index (χ3n) is 4.98. The zero-order valence-electron chi connectivity index (χ0n) is 16.4. The van der Waals surface area contributed by atoms with E-state index in [1.807, 2.05) is 41.8 Å². The maximum absolute atomic E-state index is 12.9. The predicted octanol–water partition coefficient (Wildman–Crippen LogP) is 3.99. The fourth-order valence-corrected chi connectivity index (χ4v) is 4.17. The van der Waals surface area contributed by atoms with Crippen molar-refractivity contribution in [2.24, 2.45) is 0 Å². The molecule has 1 aromatic heterocycles. The van der Waals surface area contributed by atoms with Gasteiger partial charge >= 0.3 is 0 Å². The van der Waals surface area contributed by atoms with Crippen molar-refractivity contribution in [1.29, 1.82) is 0 Å². The lowest BCUT2D eigenvalue weighted by Crippen LogP contribution is -2.51. The summed E-state index contributed by atoms with van der Waals surface area (Å²) in [5.74, 6) is -0.114. The molecule has 2 amide bonds. The van der Waals surface area contributed by atoms with Gasteiger partial charge in [0.15, 0.2) is 0 Å². The molecule has 1 atom stereocenters. The van der Waals surface area contributed by atoms with Gasteiger partial charge in [-0.3, -0.25) is 9.59 Å². The molecular weight excluding hydrogens is 372 g/mol. The Morgan fingerprint density at radius 3 is 2.75 bits per heavy atom. The first kappa shape index (κ1) is 20.6. The Kier molecular flexibility index (Phi) is 7.62. The Bertz CT molecular complexity index is 776. The molecule has 2 aromatic rings. The first-order chi connectivity index (χ1) is 13.7. The van der Waals surface area contributed by atoms with E-state index in [2.05, 4.69) is 12.2 Å². The quantitative estimate of drug-likeness (QED) is 0.682. The van der Waals surface area contributed by atoms with E-state index in [4.69, 9.17) is 4.74 Å². The number of carbonyl (C=O) groups excluding carboxylic acids is 2. The van der Waals surface area contributed by atoms with E-state index in [0.717, 1.165) is 37.0 Å². The van der Waals surface area contributed by atoms with Crippen LogP contribution in [0.1, 0.15) is 53.4 Å². The van der Waals surface area contributed by atoms with Crippen molar-refractivity contribution in [1.82, 2.24) is 10.2 Å². The predicted molar refractivity (Wildman–Crippen MR) is 111 cm³/mol. The zero-order valence-corrected chi connectivity index (χ0v) is 17.2. The van der Waals surface area contributed by atoms with E-state index < -0.39 is 6.04 Å². The van der Waals surface area contributed by atoms with Gasteiger partial charge < -0.3 is 15.0 Å². The Morgan fingerprint density at radius 2 is 2.00 bits per heavy atom. The van der Waals surface area contributed by atoms with Crippen LogP contribution in [0.2, 0.25) is 0 Å². The number of hydrogen-bond acceptors (Lipinski definition) is 4. The maximum atomic E-state index is 12.9. The molecule has 1 saturated heterocycles. The van der Waals surface area contributed by atoms with Gasteiger partial charge in [0, 0.05) is 19.7 Å². The Hall–Kier alpha value is -2.18. The number of amides is 2. The van der Waals surface area contributed by atoms with Crippen LogP contribution in [-0.4, -0.2) is 35.9 Å². The molecule has 5 nitrogen and oxygen atoms in total. The highest BCUT2D eigenvalue weighted by Gasteiger charge is 2.32. The Balaban J connectivity index is 1.63. The van der Waals surface area contributed by atoms with Crippen LogP contribution in [0.5, 0.6) is 0 Å². The van der Waals surface area contributed by atoms with Crippen molar-refractivity contribution in [2.75, 3.05) is 13.2 Å². The fraction of sp³-hybridized carbons (Fsp3) is 0.455. The number of benzene rings is 1. The number of likely N-dealkylation sites (tertiary alicyclic amines) is 1. The van der Waals surface area contributed by atoms with Gasteiger partial charge in [-0.25, -0.2) is 0 Å². The molecule has 1 aliphatic rings. The summed E-state index contributed by atoms with van der Waals surface area (Å²) in [6.07, 6.45) is 3.60. The topological polar surface area (TPSA) is 58.6 Å². The van der Waals surface area contributed by atoms with Crippen molar-refractivity contribution >= 4 is 23.2 Å². The van der Waals surface area contributed by atoms with Gasteiger partial charge in [0.05, 0.1) is 11.5 Å². The summed E-state index contributed by atoms with van der Waals surface area (Å²) < 4.78 is 5.66. The van der Waals surface area contributed by atoms with Crippen molar-refractivity contribution in [3.8, 4) is 0 Å². The number of ether oxygens (including phenoxy) is 1. The van der Waals surface area contributed by atoms with Crippen LogP contribution in [0, 0.1) is 0 Å². The average Bonchev–Trinajstić information content (AvgIpc) is 3.27. The Morgan fingerprint density at radius 1 is 1.18 bits per heavy atom. The van der Waals surface area contributed by atoms with Gasteiger partial charge in [0.1, 0.15) is 6.04 Å². The van der Waals surface area contributed by atoms with Gasteiger partial charge in [-0.05, 0) is 48.3 Å².